The second-order valence-electron chi connectivity index (χ2n) is 2.86. The number of sulfone groups is 1. The van der Waals surface area contributed by atoms with Crippen molar-refractivity contribution in [1.29, 1.82) is 0 Å². The lowest BCUT2D eigenvalue weighted by Crippen LogP contribution is -2.42. The lowest BCUT2D eigenvalue weighted by atomic mass is 10.3. The van der Waals surface area contributed by atoms with Crippen molar-refractivity contribution >= 4 is 15.7 Å². The van der Waals surface area contributed by atoms with E-state index in [9.17, 15) is 13.2 Å². The zero-order valence-electron chi connectivity index (χ0n) is 6.62. The lowest BCUT2D eigenvalue weighted by molar-refractivity contribution is -0.121. The van der Waals surface area contributed by atoms with Crippen LogP contribution in [0, 0.1) is 0 Å². The van der Waals surface area contributed by atoms with Crippen molar-refractivity contribution in [3.63, 3.8) is 0 Å². The van der Waals surface area contributed by atoms with Crippen molar-refractivity contribution in [2.45, 2.75) is 12.5 Å². The van der Waals surface area contributed by atoms with E-state index in [4.69, 9.17) is 5.73 Å². The summed E-state index contributed by atoms with van der Waals surface area (Å²) >= 11 is 0. The van der Waals surface area contributed by atoms with Gasteiger partial charge in [0.15, 0.2) is 9.84 Å². The Kier molecular flexibility index (Phi) is 2.69. The first-order chi connectivity index (χ1) is 5.53. The largest absolute Gasteiger partial charge is 0.351 e. The number of rotatable bonds is 1. The normalized spacial score (nSPS) is 29.1. The number of nitrogens with one attached hydrogen (secondary N) is 1. The summed E-state index contributed by atoms with van der Waals surface area (Å²) in [5, 5.41) is 2.54. The first-order valence-electron chi connectivity index (χ1n) is 3.73. The van der Waals surface area contributed by atoms with E-state index in [0.717, 1.165) is 0 Å². The van der Waals surface area contributed by atoms with Gasteiger partial charge in [-0.05, 0) is 0 Å². The van der Waals surface area contributed by atoms with E-state index in [0.29, 0.717) is 0 Å². The van der Waals surface area contributed by atoms with Gasteiger partial charge in [-0.2, -0.15) is 0 Å². The first kappa shape index (κ1) is 9.47. The highest BCUT2D eigenvalue weighted by Crippen LogP contribution is 2.02. The molecule has 1 unspecified atom stereocenters. The fourth-order valence-electron chi connectivity index (χ4n) is 1.11. The average Bonchev–Trinajstić information content (AvgIpc) is 2.10. The molecule has 1 amide bonds. The fourth-order valence-corrected chi connectivity index (χ4v) is 2.60. The molecular formula is C6H12N2O3S. The van der Waals surface area contributed by atoms with Crippen molar-refractivity contribution in [3.05, 3.63) is 0 Å². The van der Waals surface area contributed by atoms with Crippen molar-refractivity contribution in [2.24, 2.45) is 5.73 Å². The van der Waals surface area contributed by atoms with Crippen LogP contribution >= 0.6 is 0 Å². The second kappa shape index (κ2) is 3.40. The van der Waals surface area contributed by atoms with E-state index in [2.05, 4.69) is 5.32 Å². The molecule has 0 aliphatic carbocycles. The summed E-state index contributed by atoms with van der Waals surface area (Å²) in [4.78, 5) is 10.9. The molecule has 0 aromatic rings. The predicted molar refractivity (Wildman–Crippen MR) is 44.3 cm³/mol. The molecular weight excluding hydrogens is 180 g/mol. The summed E-state index contributed by atoms with van der Waals surface area (Å²) in [5.41, 5.74) is 5.28. The van der Waals surface area contributed by atoms with Crippen LogP contribution < -0.4 is 11.1 Å². The van der Waals surface area contributed by atoms with Gasteiger partial charge in [-0.15, -0.1) is 0 Å². The molecule has 1 atom stereocenters. The first-order valence-corrected chi connectivity index (χ1v) is 5.55. The van der Waals surface area contributed by atoms with E-state index >= 15 is 0 Å². The molecule has 1 aliphatic rings. The maximum absolute atomic E-state index is 11.1. The molecule has 0 aromatic carbocycles. The Labute approximate surface area is 71.2 Å². The van der Waals surface area contributed by atoms with E-state index in [-0.39, 0.29) is 30.4 Å². The SMILES string of the molecule is NCC1CS(=O)(=O)CCC(=O)N1. The molecule has 3 N–H and O–H groups in total. The van der Waals surface area contributed by atoms with Gasteiger partial charge < -0.3 is 11.1 Å². The second-order valence-corrected chi connectivity index (χ2v) is 5.09. The molecule has 0 aromatic heterocycles. The van der Waals surface area contributed by atoms with Crippen LogP contribution in [-0.2, 0) is 14.6 Å². The molecule has 12 heavy (non-hydrogen) atoms. The molecule has 1 heterocycles. The van der Waals surface area contributed by atoms with Gasteiger partial charge in [0.2, 0.25) is 5.91 Å². The maximum Gasteiger partial charge on any atom is 0.221 e. The van der Waals surface area contributed by atoms with Crippen LogP contribution in [0.2, 0.25) is 0 Å². The molecule has 1 fully saturated rings. The standard InChI is InChI=1S/C6H12N2O3S/c7-3-5-4-12(10,11)2-1-6(9)8-5/h5H,1-4,7H2,(H,8,9). The van der Waals surface area contributed by atoms with Gasteiger partial charge in [0, 0.05) is 13.0 Å². The minimum Gasteiger partial charge on any atom is -0.351 e. The Morgan fingerprint density at radius 1 is 1.58 bits per heavy atom. The Balaban J connectivity index is 2.75. The van der Waals surface area contributed by atoms with Crippen LogP contribution in [0.1, 0.15) is 6.42 Å². The highest BCUT2D eigenvalue weighted by atomic mass is 32.2. The molecule has 1 rings (SSSR count). The maximum atomic E-state index is 11.1. The topological polar surface area (TPSA) is 89.3 Å². The van der Waals surface area contributed by atoms with Crippen LogP contribution in [0.4, 0.5) is 0 Å². The van der Waals surface area contributed by atoms with Gasteiger partial charge in [-0.25, -0.2) is 8.42 Å². The van der Waals surface area contributed by atoms with Crippen LogP contribution in [-0.4, -0.2) is 38.4 Å². The number of carbonyl (C=O) groups excluding carboxylic acids is 1. The van der Waals surface area contributed by atoms with E-state index in [1.807, 2.05) is 0 Å². The molecule has 0 bridgehead atoms. The molecule has 0 radical (unpaired) electrons. The summed E-state index contributed by atoms with van der Waals surface area (Å²) in [5.74, 6) is -0.323. The van der Waals surface area contributed by atoms with Gasteiger partial charge in [0.1, 0.15) is 0 Å². The quantitative estimate of drug-likeness (QED) is 0.515. The van der Waals surface area contributed by atoms with Gasteiger partial charge in [-0.1, -0.05) is 0 Å². The zero-order chi connectivity index (χ0) is 9.19. The predicted octanol–water partition coefficient (Wildman–Crippen LogP) is -1.75. The minimum atomic E-state index is -3.08. The number of hydrogen-bond donors (Lipinski definition) is 2. The number of amides is 1. The van der Waals surface area contributed by atoms with E-state index in [1.54, 1.807) is 0 Å². The van der Waals surface area contributed by atoms with Crippen LogP contribution in [0.5, 0.6) is 0 Å². The van der Waals surface area contributed by atoms with Crippen LogP contribution in [0.3, 0.4) is 0 Å². The molecule has 70 valence electrons. The molecule has 1 saturated heterocycles. The third-order valence-electron chi connectivity index (χ3n) is 1.74. The lowest BCUT2D eigenvalue weighted by Gasteiger charge is -2.11. The van der Waals surface area contributed by atoms with Gasteiger partial charge in [-0.3, -0.25) is 4.79 Å². The Morgan fingerprint density at radius 2 is 2.25 bits per heavy atom. The van der Waals surface area contributed by atoms with Gasteiger partial charge in [0.25, 0.3) is 0 Å². The third-order valence-corrected chi connectivity index (χ3v) is 3.48. The Bertz CT molecular complexity index is 273. The number of nitrogens with two attached hydrogens (primary N) is 1. The zero-order valence-corrected chi connectivity index (χ0v) is 7.43. The molecule has 5 nitrogen and oxygen atoms in total. The van der Waals surface area contributed by atoms with Crippen molar-refractivity contribution in [2.75, 3.05) is 18.1 Å². The highest BCUT2D eigenvalue weighted by molar-refractivity contribution is 7.91. The van der Waals surface area contributed by atoms with Crippen LogP contribution in [0.15, 0.2) is 0 Å². The van der Waals surface area contributed by atoms with Crippen molar-refractivity contribution in [1.82, 2.24) is 5.32 Å². The van der Waals surface area contributed by atoms with Crippen molar-refractivity contribution < 1.29 is 13.2 Å². The summed E-state index contributed by atoms with van der Waals surface area (Å²) in [6.45, 7) is 0.172. The number of carbonyl (C=O) groups is 1. The third kappa shape index (κ3) is 2.46. The Hall–Kier alpha value is -0.620. The molecule has 0 spiro atoms. The number of hydrogen-bond acceptors (Lipinski definition) is 4. The van der Waals surface area contributed by atoms with E-state index < -0.39 is 15.9 Å². The smallest absolute Gasteiger partial charge is 0.221 e. The molecule has 6 heteroatoms. The van der Waals surface area contributed by atoms with Crippen LogP contribution in [0.25, 0.3) is 0 Å². The minimum absolute atomic E-state index is 0.0325. The monoisotopic (exact) mass is 192 g/mol. The summed E-state index contributed by atoms with van der Waals surface area (Å²) < 4.78 is 22.3. The van der Waals surface area contributed by atoms with Gasteiger partial charge >= 0.3 is 0 Å². The average molecular weight is 192 g/mol. The summed E-state index contributed by atoms with van der Waals surface area (Å²) in [6, 6.07) is -0.412. The van der Waals surface area contributed by atoms with Crippen molar-refractivity contribution in [3.8, 4) is 0 Å². The van der Waals surface area contributed by atoms with Gasteiger partial charge in [0.05, 0.1) is 17.5 Å². The highest BCUT2D eigenvalue weighted by Gasteiger charge is 2.24. The molecule has 0 saturated carbocycles. The summed E-state index contributed by atoms with van der Waals surface area (Å²) in [6.07, 6.45) is 0.0544. The summed E-state index contributed by atoms with van der Waals surface area (Å²) in [7, 11) is -3.08. The molecule has 1 aliphatic heterocycles. The Morgan fingerprint density at radius 3 is 2.83 bits per heavy atom. The fraction of sp³-hybridized carbons (Fsp3) is 0.833. The van der Waals surface area contributed by atoms with E-state index in [1.165, 1.54) is 0 Å².